The molecule has 1 heterocycles. The maximum absolute atomic E-state index is 12.7. The van der Waals surface area contributed by atoms with Crippen molar-refractivity contribution < 1.29 is 4.79 Å². The summed E-state index contributed by atoms with van der Waals surface area (Å²) < 4.78 is 0. The summed E-state index contributed by atoms with van der Waals surface area (Å²) >= 11 is 1.47. The van der Waals surface area contributed by atoms with E-state index < -0.39 is 0 Å². The van der Waals surface area contributed by atoms with E-state index in [0.717, 1.165) is 29.7 Å². The van der Waals surface area contributed by atoms with Crippen LogP contribution < -0.4 is 5.32 Å². The van der Waals surface area contributed by atoms with Crippen LogP contribution in [0.4, 0.5) is 5.13 Å². The topological polar surface area (TPSA) is 42.0 Å². The number of carbonyl (C=O) groups is 1. The third kappa shape index (κ3) is 2.66. The summed E-state index contributed by atoms with van der Waals surface area (Å²) in [4.78, 5) is 17.2. The molecule has 4 heteroatoms. The van der Waals surface area contributed by atoms with Crippen molar-refractivity contribution in [2.45, 2.75) is 18.3 Å². The highest BCUT2D eigenvalue weighted by atomic mass is 32.1. The second kappa shape index (κ2) is 5.63. The molecule has 0 radical (unpaired) electrons. The van der Waals surface area contributed by atoms with Crippen molar-refractivity contribution in [3.8, 4) is 11.3 Å². The van der Waals surface area contributed by atoms with E-state index in [-0.39, 0.29) is 11.3 Å². The zero-order valence-corrected chi connectivity index (χ0v) is 13.3. The Morgan fingerprint density at radius 3 is 2.30 bits per heavy atom. The summed E-state index contributed by atoms with van der Waals surface area (Å²) in [5.74, 6) is 0.0534. The van der Waals surface area contributed by atoms with E-state index in [1.165, 1.54) is 11.3 Å². The number of hydrogen-bond donors (Lipinski definition) is 1. The van der Waals surface area contributed by atoms with Gasteiger partial charge in [0.2, 0.25) is 5.91 Å². The number of anilines is 1. The summed E-state index contributed by atoms with van der Waals surface area (Å²) in [6.07, 6.45) is 1.81. The highest BCUT2D eigenvalue weighted by Crippen LogP contribution is 2.49. The van der Waals surface area contributed by atoms with Crippen LogP contribution in [0.25, 0.3) is 11.3 Å². The Morgan fingerprint density at radius 1 is 1.00 bits per heavy atom. The molecule has 3 nitrogen and oxygen atoms in total. The first-order valence-corrected chi connectivity index (χ1v) is 8.54. The molecule has 1 aromatic heterocycles. The van der Waals surface area contributed by atoms with Crippen LogP contribution in [0.1, 0.15) is 18.4 Å². The third-order valence-electron chi connectivity index (χ3n) is 4.31. The minimum Gasteiger partial charge on any atom is -0.301 e. The molecular formula is C19H16N2OS. The number of amides is 1. The van der Waals surface area contributed by atoms with Crippen molar-refractivity contribution in [1.82, 2.24) is 4.98 Å². The molecule has 1 aliphatic rings. The lowest BCUT2D eigenvalue weighted by Crippen LogP contribution is -2.27. The number of thiazole rings is 1. The van der Waals surface area contributed by atoms with Gasteiger partial charge >= 0.3 is 0 Å². The molecule has 1 amide bonds. The summed E-state index contributed by atoms with van der Waals surface area (Å²) in [6, 6.07) is 20.0. The van der Waals surface area contributed by atoms with Gasteiger partial charge < -0.3 is 5.32 Å². The van der Waals surface area contributed by atoms with E-state index in [1.54, 1.807) is 0 Å². The average molecular weight is 320 g/mol. The van der Waals surface area contributed by atoms with Crippen LogP contribution in [0, 0.1) is 0 Å². The van der Waals surface area contributed by atoms with Crippen LogP contribution in [0.2, 0.25) is 0 Å². The number of hydrogen-bond acceptors (Lipinski definition) is 3. The lowest BCUT2D eigenvalue weighted by molar-refractivity contribution is -0.118. The van der Waals surface area contributed by atoms with Crippen LogP contribution in [0.3, 0.4) is 0 Å². The monoisotopic (exact) mass is 320 g/mol. The summed E-state index contributed by atoms with van der Waals surface area (Å²) in [5, 5.41) is 5.64. The van der Waals surface area contributed by atoms with Crippen molar-refractivity contribution in [3.63, 3.8) is 0 Å². The van der Waals surface area contributed by atoms with Gasteiger partial charge in [0, 0.05) is 10.9 Å². The molecule has 0 unspecified atom stereocenters. The van der Waals surface area contributed by atoms with Gasteiger partial charge in [0.25, 0.3) is 0 Å². The van der Waals surface area contributed by atoms with Gasteiger partial charge in [-0.25, -0.2) is 4.98 Å². The molecule has 3 aromatic rings. The predicted octanol–water partition coefficient (Wildman–Crippen LogP) is 4.48. The van der Waals surface area contributed by atoms with E-state index >= 15 is 0 Å². The predicted molar refractivity (Wildman–Crippen MR) is 93.5 cm³/mol. The normalized spacial score (nSPS) is 15.1. The molecule has 0 bridgehead atoms. The molecule has 114 valence electrons. The summed E-state index contributed by atoms with van der Waals surface area (Å²) in [7, 11) is 0. The molecule has 1 saturated carbocycles. The van der Waals surface area contributed by atoms with Gasteiger partial charge in [-0.05, 0) is 18.4 Å². The maximum atomic E-state index is 12.7. The first kappa shape index (κ1) is 14.2. The lowest BCUT2D eigenvalue weighted by atomic mass is 9.95. The smallest absolute Gasteiger partial charge is 0.236 e. The second-order valence-corrected chi connectivity index (χ2v) is 6.66. The fraction of sp³-hybridized carbons (Fsp3) is 0.158. The minimum atomic E-state index is -0.361. The van der Waals surface area contributed by atoms with Crippen LogP contribution in [0.15, 0.2) is 66.0 Å². The first-order chi connectivity index (χ1) is 11.3. The molecule has 0 atom stereocenters. The van der Waals surface area contributed by atoms with E-state index in [4.69, 9.17) is 0 Å². The molecule has 23 heavy (non-hydrogen) atoms. The van der Waals surface area contributed by atoms with E-state index in [9.17, 15) is 4.79 Å². The van der Waals surface area contributed by atoms with Gasteiger partial charge in [0.1, 0.15) is 0 Å². The molecule has 0 saturated heterocycles. The molecule has 4 rings (SSSR count). The number of rotatable bonds is 4. The Bertz CT molecular complexity index is 823. The van der Waals surface area contributed by atoms with Gasteiger partial charge in [-0.3, -0.25) is 4.79 Å². The molecule has 0 spiro atoms. The largest absolute Gasteiger partial charge is 0.301 e. The Balaban J connectivity index is 1.53. The van der Waals surface area contributed by atoms with Crippen LogP contribution in [-0.4, -0.2) is 10.9 Å². The fourth-order valence-electron chi connectivity index (χ4n) is 2.82. The Hall–Kier alpha value is -2.46. The Labute approximate surface area is 139 Å². The highest BCUT2D eigenvalue weighted by molar-refractivity contribution is 7.14. The highest BCUT2D eigenvalue weighted by Gasteiger charge is 2.51. The van der Waals surface area contributed by atoms with Crippen molar-refractivity contribution >= 4 is 22.4 Å². The van der Waals surface area contributed by atoms with Gasteiger partial charge in [0.05, 0.1) is 11.1 Å². The van der Waals surface area contributed by atoms with Gasteiger partial charge in [-0.1, -0.05) is 60.7 Å². The average Bonchev–Trinajstić information content (AvgIpc) is 3.30. The molecular weight excluding hydrogens is 304 g/mol. The van der Waals surface area contributed by atoms with Gasteiger partial charge in [-0.2, -0.15) is 0 Å². The Morgan fingerprint density at radius 2 is 1.65 bits per heavy atom. The fourth-order valence-corrected chi connectivity index (χ4v) is 3.53. The molecule has 0 aliphatic heterocycles. The van der Waals surface area contributed by atoms with Crippen LogP contribution in [0.5, 0.6) is 0 Å². The maximum Gasteiger partial charge on any atom is 0.236 e. The molecule has 1 aliphatic carbocycles. The number of benzene rings is 2. The second-order valence-electron chi connectivity index (χ2n) is 5.81. The standard InChI is InChI=1S/C19H16N2OS/c22-17(19(11-12-19)15-9-5-2-6-10-15)21-18-20-16(13-23-18)14-7-3-1-4-8-14/h1-10,13H,11-12H2,(H,20,21,22). The minimum absolute atomic E-state index is 0.0534. The van der Waals surface area contributed by atoms with Gasteiger partial charge in [-0.15, -0.1) is 11.3 Å². The SMILES string of the molecule is O=C(Nc1nc(-c2ccccc2)cs1)C1(c2ccccc2)CC1. The summed E-state index contributed by atoms with van der Waals surface area (Å²) in [5.41, 5.74) is 2.70. The van der Waals surface area contributed by atoms with Gasteiger partial charge in [0.15, 0.2) is 5.13 Å². The molecule has 1 N–H and O–H groups in total. The molecule has 2 aromatic carbocycles. The number of aromatic nitrogens is 1. The van der Waals surface area contributed by atoms with Crippen molar-refractivity contribution in [3.05, 3.63) is 71.6 Å². The zero-order chi connectivity index (χ0) is 15.7. The number of nitrogens with one attached hydrogen (secondary N) is 1. The van der Waals surface area contributed by atoms with E-state index in [1.807, 2.05) is 66.0 Å². The zero-order valence-electron chi connectivity index (χ0n) is 12.5. The quantitative estimate of drug-likeness (QED) is 0.770. The summed E-state index contributed by atoms with van der Waals surface area (Å²) in [6.45, 7) is 0. The number of nitrogens with zero attached hydrogens (tertiary/aromatic N) is 1. The van der Waals surface area contributed by atoms with Crippen LogP contribution in [-0.2, 0) is 10.2 Å². The van der Waals surface area contributed by atoms with E-state index in [0.29, 0.717) is 5.13 Å². The van der Waals surface area contributed by atoms with Crippen molar-refractivity contribution in [2.75, 3.05) is 5.32 Å². The van der Waals surface area contributed by atoms with E-state index in [2.05, 4.69) is 10.3 Å². The Kier molecular flexibility index (Phi) is 3.46. The molecule has 1 fully saturated rings. The third-order valence-corrected chi connectivity index (χ3v) is 5.06. The number of carbonyl (C=O) groups excluding carboxylic acids is 1. The lowest BCUT2D eigenvalue weighted by Gasteiger charge is -2.14. The first-order valence-electron chi connectivity index (χ1n) is 7.66. The van der Waals surface area contributed by atoms with Crippen molar-refractivity contribution in [2.24, 2.45) is 0 Å². The van der Waals surface area contributed by atoms with Crippen molar-refractivity contribution in [1.29, 1.82) is 0 Å². The van der Waals surface area contributed by atoms with Crippen LogP contribution >= 0.6 is 11.3 Å².